The van der Waals surface area contributed by atoms with E-state index in [0.29, 0.717) is 29.5 Å². The van der Waals surface area contributed by atoms with Gasteiger partial charge in [0, 0.05) is 43.6 Å². The summed E-state index contributed by atoms with van der Waals surface area (Å²) in [5.41, 5.74) is 4.42. The van der Waals surface area contributed by atoms with Crippen molar-refractivity contribution < 1.29 is 4.79 Å². The van der Waals surface area contributed by atoms with Crippen LogP contribution < -0.4 is 10.2 Å². The lowest BCUT2D eigenvalue weighted by atomic mass is 10.2. The highest BCUT2D eigenvalue weighted by Gasteiger charge is 2.27. The molecule has 0 spiro atoms. The molecule has 1 saturated carbocycles. The molecule has 0 radical (unpaired) electrons. The first-order chi connectivity index (χ1) is 16.0. The summed E-state index contributed by atoms with van der Waals surface area (Å²) >= 11 is 0. The van der Waals surface area contributed by atoms with Gasteiger partial charge in [0.1, 0.15) is 11.9 Å². The highest BCUT2D eigenvalue weighted by molar-refractivity contribution is 5.93. The zero-order valence-electron chi connectivity index (χ0n) is 19.6. The summed E-state index contributed by atoms with van der Waals surface area (Å²) in [6.07, 6.45) is 5.55. The highest BCUT2D eigenvalue weighted by atomic mass is 16.2. The molecule has 33 heavy (non-hydrogen) atoms. The summed E-state index contributed by atoms with van der Waals surface area (Å²) in [5.74, 6) is 0.619. The molecule has 1 aromatic carbocycles. The Hall–Kier alpha value is -3.29. The topological polar surface area (TPSA) is 88.1 Å². The lowest BCUT2D eigenvalue weighted by molar-refractivity contribution is -0.117. The molecule has 1 saturated heterocycles. The maximum Gasteiger partial charge on any atom is 0.239 e. The summed E-state index contributed by atoms with van der Waals surface area (Å²) < 4.78 is 2.20. The minimum absolute atomic E-state index is 0.0601. The molecule has 1 aromatic heterocycles. The number of anilines is 2. The minimum Gasteiger partial charge on any atom is -0.370 e. The average Bonchev–Trinajstić information content (AvgIpc) is 3.34. The van der Waals surface area contributed by atoms with Crippen molar-refractivity contribution in [2.75, 3.05) is 42.9 Å². The number of hydrogen-bond acceptors (Lipinski definition) is 5. The van der Waals surface area contributed by atoms with Crippen LogP contribution in [0.1, 0.15) is 60.5 Å². The van der Waals surface area contributed by atoms with Gasteiger partial charge < -0.3 is 14.8 Å². The van der Waals surface area contributed by atoms with Gasteiger partial charge in [-0.15, -0.1) is 0 Å². The predicted molar refractivity (Wildman–Crippen MR) is 129 cm³/mol. The largest absolute Gasteiger partial charge is 0.370 e. The summed E-state index contributed by atoms with van der Waals surface area (Å²) in [7, 11) is 0. The van der Waals surface area contributed by atoms with Crippen LogP contribution in [0.4, 0.5) is 11.5 Å². The molecule has 2 aromatic rings. The Morgan fingerprint density at radius 2 is 1.73 bits per heavy atom. The van der Waals surface area contributed by atoms with Crippen molar-refractivity contribution in [3.8, 4) is 12.1 Å². The second-order valence-electron chi connectivity index (χ2n) is 9.18. The maximum atomic E-state index is 13.1. The number of nitrogens with zero attached hydrogens (tertiary/aromatic N) is 5. The predicted octanol–water partition coefficient (Wildman–Crippen LogP) is 4.11. The molecule has 0 unspecified atom stereocenters. The van der Waals surface area contributed by atoms with Crippen LogP contribution in [0.2, 0.25) is 0 Å². The summed E-state index contributed by atoms with van der Waals surface area (Å²) in [4.78, 5) is 17.5. The van der Waals surface area contributed by atoms with Crippen molar-refractivity contribution in [2.45, 2.75) is 52.0 Å². The van der Waals surface area contributed by atoms with E-state index in [0.717, 1.165) is 62.4 Å². The third-order valence-corrected chi connectivity index (χ3v) is 7.13. The van der Waals surface area contributed by atoms with Crippen LogP contribution in [-0.2, 0) is 4.79 Å². The van der Waals surface area contributed by atoms with Gasteiger partial charge in [-0.05, 0) is 62.9 Å². The lowest BCUT2D eigenvalue weighted by Gasteiger charge is -2.24. The fourth-order valence-corrected chi connectivity index (χ4v) is 5.21. The number of carbonyl (C=O) groups is 1. The van der Waals surface area contributed by atoms with Crippen LogP contribution in [0.15, 0.2) is 24.3 Å². The number of benzene rings is 1. The Labute approximate surface area is 196 Å². The molecule has 2 aliphatic rings. The first-order valence-corrected chi connectivity index (χ1v) is 11.9. The van der Waals surface area contributed by atoms with Gasteiger partial charge in [-0.1, -0.05) is 12.8 Å². The average molecular weight is 445 g/mol. The maximum absolute atomic E-state index is 13.1. The third kappa shape index (κ3) is 4.89. The van der Waals surface area contributed by atoms with Crippen LogP contribution in [0.5, 0.6) is 0 Å². The SMILES string of the molecule is Cc1c(C#N)c(NC(=O)CN2CCCN(c3ccc(C#N)cc3)CC2)n(C2CCCC2)c1C. The molecule has 0 bridgehead atoms. The second kappa shape index (κ2) is 10.1. The molecule has 7 heteroatoms. The number of carbonyl (C=O) groups excluding carboxylic acids is 1. The normalized spacial score (nSPS) is 17.4. The standard InChI is InChI=1S/C26H32N6O/c1-19-20(2)32(23-6-3-4-7-23)26(24(19)17-28)29-25(33)18-30-12-5-13-31(15-14-30)22-10-8-21(16-27)9-11-22/h8-11,23H,3-7,12-15,18H2,1-2H3,(H,29,33). The van der Waals surface area contributed by atoms with Crippen LogP contribution in [-0.4, -0.2) is 48.1 Å². The van der Waals surface area contributed by atoms with Gasteiger partial charge in [-0.25, -0.2) is 0 Å². The Morgan fingerprint density at radius 1 is 1.00 bits per heavy atom. The van der Waals surface area contributed by atoms with E-state index in [9.17, 15) is 10.1 Å². The van der Waals surface area contributed by atoms with Crippen LogP contribution >= 0.6 is 0 Å². The monoisotopic (exact) mass is 444 g/mol. The van der Waals surface area contributed by atoms with Crippen molar-refractivity contribution >= 4 is 17.4 Å². The molecule has 172 valence electrons. The number of hydrogen-bond donors (Lipinski definition) is 1. The number of aromatic nitrogens is 1. The third-order valence-electron chi connectivity index (χ3n) is 7.13. The second-order valence-corrected chi connectivity index (χ2v) is 9.18. The molecule has 4 rings (SSSR count). The van der Waals surface area contributed by atoms with Gasteiger partial charge in [-0.3, -0.25) is 9.69 Å². The summed E-state index contributed by atoms with van der Waals surface area (Å²) in [6.45, 7) is 7.75. The van der Waals surface area contributed by atoms with E-state index in [4.69, 9.17) is 5.26 Å². The zero-order chi connectivity index (χ0) is 23.4. The van der Waals surface area contributed by atoms with Crippen molar-refractivity contribution in [2.24, 2.45) is 0 Å². The number of rotatable bonds is 5. The highest BCUT2D eigenvalue weighted by Crippen LogP contribution is 2.37. The molecule has 0 atom stereocenters. The van der Waals surface area contributed by atoms with Gasteiger partial charge >= 0.3 is 0 Å². The molecular weight excluding hydrogens is 412 g/mol. The fraction of sp³-hybridized carbons (Fsp3) is 0.500. The lowest BCUT2D eigenvalue weighted by Crippen LogP contribution is -2.37. The number of nitriles is 2. The van der Waals surface area contributed by atoms with Gasteiger partial charge in [0.05, 0.1) is 23.7 Å². The molecular formula is C26H32N6O. The van der Waals surface area contributed by atoms with E-state index in [1.165, 1.54) is 12.8 Å². The number of amides is 1. The van der Waals surface area contributed by atoms with Crippen molar-refractivity contribution in [3.63, 3.8) is 0 Å². The Morgan fingerprint density at radius 3 is 2.39 bits per heavy atom. The van der Waals surface area contributed by atoms with Gasteiger partial charge in [0.15, 0.2) is 0 Å². The molecule has 7 nitrogen and oxygen atoms in total. The molecule has 1 aliphatic heterocycles. The van der Waals surface area contributed by atoms with Gasteiger partial charge in [0.25, 0.3) is 0 Å². The van der Waals surface area contributed by atoms with Crippen LogP contribution in [0.25, 0.3) is 0 Å². The van der Waals surface area contributed by atoms with Gasteiger partial charge in [0.2, 0.25) is 5.91 Å². The molecule has 1 N–H and O–H groups in total. The van der Waals surface area contributed by atoms with Crippen molar-refractivity contribution in [1.82, 2.24) is 9.47 Å². The van der Waals surface area contributed by atoms with Crippen molar-refractivity contribution in [3.05, 3.63) is 46.6 Å². The van der Waals surface area contributed by atoms with Crippen molar-refractivity contribution in [1.29, 1.82) is 10.5 Å². The van der Waals surface area contributed by atoms with E-state index in [-0.39, 0.29) is 5.91 Å². The van der Waals surface area contributed by atoms with E-state index in [1.54, 1.807) is 0 Å². The molecule has 2 fully saturated rings. The summed E-state index contributed by atoms with van der Waals surface area (Å²) in [5, 5.41) is 21.9. The Kier molecular flexibility index (Phi) is 7.01. The quantitative estimate of drug-likeness (QED) is 0.750. The minimum atomic E-state index is -0.0601. The fourth-order valence-electron chi connectivity index (χ4n) is 5.21. The van der Waals surface area contributed by atoms with E-state index in [2.05, 4.69) is 38.7 Å². The van der Waals surface area contributed by atoms with E-state index < -0.39 is 0 Å². The van der Waals surface area contributed by atoms with Gasteiger partial charge in [-0.2, -0.15) is 10.5 Å². The first-order valence-electron chi connectivity index (χ1n) is 11.9. The van der Waals surface area contributed by atoms with E-state index in [1.807, 2.05) is 31.2 Å². The van der Waals surface area contributed by atoms with Crippen LogP contribution in [0.3, 0.4) is 0 Å². The molecule has 2 heterocycles. The summed E-state index contributed by atoms with van der Waals surface area (Å²) in [6, 6.07) is 12.5. The Balaban J connectivity index is 1.41. The Bertz CT molecular complexity index is 1080. The molecule has 1 aliphatic carbocycles. The zero-order valence-corrected chi connectivity index (χ0v) is 19.6. The number of nitrogens with one attached hydrogen (secondary N) is 1. The first kappa shape index (κ1) is 22.9. The smallest absolute Gasteiger partial charge is 0.239 e. The molecule has 1 amide bonds. The van der Waals surface area contributed by atoms with Crippen LogP contribution in [0, 0.1) is 36.5 Å². The van der Waals surface area contributed by atoms with E-state index >= 15 is 0 Å².